The van der Waals surface area contributed by atoms with Crippen LogP contribution in [-0.2, 0) is 6.42 Å². The SMILES string of the molecule is CCc1oc(N)c(-c2cccc(Cl)c2)c1O. The van der Waals surface area contributed by atoms with Crippen molar-refractivity contribution in [2.45, 2.75) is 13.3 Å². The molecule has 0 unspecified atom stereocenters. The molecule has 3 N–H and O–H groups in total. The van der Waals surface area contributed by atoms with Crippen LogP contribution in [0.3, 0.4) is 0 Å². The standard InChI is InChI=1S/C12H12ClNO2/c1-2-9-11(15)10(12(14)16-9)7-4-3-5-8(13)6-7/h3-6,15H,2,14H2,1H3. The summed E-state index contributed by atoms with van der Waals surface area (Å²) in [6.07, 6.45) is 0.594. The molecule has 1 aromatic carbocycles. The predicted molar refractivity (Wildman–Crippen MR) is 64.6 cm³/mol. The number of aromatic hydroxyl groups is 1. The van der Waals surface area contributed by atoms with Gasteiger partial charge in [0, 0.05) is 11.4 Å². The summed E-state index contributed by atoms with van der Waals surface area (Å²) in [5.41, 5.74) is 7.00. The van der Waals surface area contributed by atoms with Crippen LogP contribution in [0.5, 0.6) is 5.75 Å². The van der Waals surface area contributed by atoms with Gasteiger partial charge in [0.2, 0.25) is 5.88 Å². The van der Waals surface area contributed by atoms with Gasteiger partial charge in [-0.05, 0) is 17.7 Å². The van der Waals surface area contributed by atoms with E-state index in [2.05, 4.69) is 0 Å². The van der Waals surface area contributed by atoms with E-state index in [9.17, 15) is 5.11 Å². The van der Waals surface area contributed by atoms with E-state index < -0.39 is 0 Å². The molecule has 0 atom stereocenters. The number of hydrogen-bond donors (Lipinski definition) is 2. The Hall–Kier alpha value is -1.61. The molecule has 1 aromatic heterocycles. The number of nitrogen functional groups attached to an aromatic ring is 1. The van der Waals surface area contributed by atoms with Crippen molar-refractivity contribution >= 4 is 17.5 Å². The van der Waals surface area contributed by atoms with Gasteiger partial charge >= 0.3 is 0 Å². The summed E-state index contributed by atoms with van der Waals surface area (Å²) in [7, 11) is 0. The first-order valence-electron chi connectivity index (χ1n) is 4.99. The third-order valence-electron chi connectivity index (χ3n) is 2.41. The molecule has 0 aliphatic heterocycles. The summed E-state index contributed by atoms with van der Waals surface area (Å²) < 4.78 is 5.27. The number of anilines is 1. The van der Waals surface area contributed by atoms with Crippen LogP contribution in [0.25, 0.3) is 11.1 Å². The highest BCUT2D eigenvalue weighted by Crippen LogP contribution is 2.40. The van der Waals surface area contributed by atoms with Gasteiger partial charge in [-0.2, -0.15) is 0 Å². The first kappa shape index (κ1) is 10.9. The van der Waals surface area contributed by atoms with E-state index in [1.165, 1.54) is 0 Å². The predicted octanol–water partition coefficient (Wildman–Crippen LogP) is 3.45. The minimum Gasteiger partial charge on any atom is -0.504 e. The Balaban J connectivity index is 2.60. The smallest absolute Gasteiger partial charge is 0.202 e. The summed E-state index contributed by atoms with van der Waals surface area (Å²) in [4.78, 5) is 0. The molecule has 84 valence electrons. The molecular weight excluding hydrogens is 226 g/mol. The lowest BCUT2D eigenvalue weighted by atomic mass is 10.1. The van der Waals surface area contributed by atoms with Gasteiger partial charge < -0.3 is 15.3 Å². The molecule has 0 saturated carbocycles. The van der Waals surface area contributed by atoms with Gasteiger partial charge in [-0.25, -0.2) is 0 Å². The van der Waals surface area contributed by atoms with E-state index in [-0.39, 0.29) is 11.6 Å². The fraction of sp³-hybridized carbons (Fsp3) is 0.167. The highest BCUT2D eigenvalue weighted by molar-refractivity contribution is 6.30. The Labute approximate surface area is 98.5 Å². The fourth-order valence-electron chi connectivity index (χ4n) is 1.65. The lowest BCUT2D eigenvalue weighted by Crippen LogP contribution is -1.84. The molecule has 2 aromatic rings. The third kappa shape index (κ3) is 1.74. The molecule has 0 fully saturated rings. The third-order valence-corrected chi connectivity index (χ3v) is 2.65. The summed E-state index contributed by atoms with van der Waals surface area (Å²) in [5, 5.41) is 10.5. The molecule has 0 spiro atoms. The van der Waals surface area contributed by atoms with Crippen LogP contribution in [0.2, 0.25) is 5.02 Å². The van der Waals surface area contributed by atoms with Crippen molar-refractivity contribution in [1.82, 2.24) is 0 Å². The lowest BCUT2D eigenvalue weighted by Gasteiger charge is -2.00. The maximum absolute atomic E-state index is 9.94. The largest absolute Gasteiger partial charge is 0.504 e. The van der Waals surface area contributed by atoms with Crippen LogP contribution >= 0.6 is 11.6 Å². The second-order valence-electron chi connectivity index (χ2n) is 3.48. The number of nitrogens with two attached hydrogens (primary N) is 1. The van der Waals surface area contributed by atoms with Crippen LogP contribution < -0.4 is 5.73 Å². The van der Waals surface area contributed by atoms with E-state index in [1.54, 1.807) is 18.2 Å². The molecule has 3 nitrogen and oxygen atoms in total. The summed E-state index contributed by atoms with van der Waals surface area (Å²) in [5.74, 6) is 0.811. The fourth-order valence-corrected chi connectivity index (χ4v) is 1.84. The van der Waals surface area contributed by atoms with Crippen LogP contribution in [0.4, 0.5) is 5.88 Å². The second kappa shape index (κ2) is 4.10. The van der Waals surface area contributed by atoms with Crippen molar-refractivity contribution in [2.24, 2.45) is 0 Å². The average molecular weight is 238 g/mol. The van der Waals surface area contributed by atoms with Crippen molar-refractivity contribution < 1.29 is 9.52 Å². The van der Waals surface area contributed by atoms with Crippen molar-refractivity contribution in [3.05, 3.63) is 35.0 Å². The Bertz CT molecular complexity index is 520. The highest BCUT2D eigenvalue weighted by Gasteiger charge is 2.18. The molecule has 0 saturated heterocycles. The number of aryl methyl sites for hydroxylation is 1. The first-order chi connectivity index (χ1) is 7.63. The molecule has 2 rings (SSSR count). The van der Waals surface area contributed by atoms with E-state index in [0.29, 0.717) is 22.8 Å². The van der Waals surface area contributed by atoms with Crippen molar-refractivity contribution in [3.63, 3.8) is 0 Å². The molecule has 16 heavy (non-hydrogen) atoms. The second-order valence-corrected chi connectivity index (χ2v) is 3.91. The molecule has 0 bridgehead atoms. The Morgan fingerprint density at radius 2 is 2.19 bits per heavy atom. The van der Waals surface area contributed by atoms with Crippen LogP contribution in [0.1, 0.15) is 12.7 Å². The van der Waals surface area contributed by atoms with Crippen LogP contribution in [-0.4, -0.2) is 5.11 Å². The molecule has 0 amide bonds. The Morgan fingerprint density at radius 1 is 1.44 bits per heavy atom. The zero-order chi connectivity index (χ0) is 11.7. The zero-order valence-corrected chi connectivity index (χ0v) is 9.58. The molecule has 0 aliphatic rings. The molecular formula is C12H12ClNO2. The van der Waals surface area contributed by atoms with E-state index >= 15 is 0 Å². The van der Waals surface area contributed by atoms with Gasteiger partial charge in [0.05, 0.1) is 5.56 Å². The highest BCUT2D eigenvalue weighted by atomic mass is 35.5. The monoisotopic (exact) mass is 237 g/mol. The average Bonchev–Trinajstić information content (AvgIpc) is 2.53. The van der Waals surface area contributed by atoms with Gasteiger partial charge in [-0.15, -0.1) is 0 Å². The maximum Gasteiger partial charge on any atom is 0.202 e. The molecule has 1 heterocycles. The number of rotatable bonds is 2. The van der Waals surface area contributed by atoms with Crippen LogP contribution in [0, 0.1) is 0 Å². The van der Waals surface area contributed by atoms with Gasteiger partial charge in [0.15, 0.2) is 5.75 Å². The lowest BCUT2D eigenvalue weighted by molar-refractivity contribution is 0.438. The molecule has 4 heteroatoms. The van der Waals surface area contributed by atoms with E-state index in [4.69, 9.17) is 21.8 Å². The summed E-state index contributed by atoms with van der Waals surface area (Å²) >= 11 is 5.89. The van der Waals surface area contributed by atoms with Crippen molar-refractivity contribution in [1.29, 1.82) is 0 Å². The van der Waals surface area contributed by atoms with E-state index in [0.717, 1.165) is 5.56 Å². The number of halogens is 1. The normalized spacial score (nSPS) is 10.6. The van der Waals surface area contributed by atoms with Gasteiger partial charge in [-0.3, -0.25) is 0 Å². The van der Waals surface area contributed by atoms with Gasteiger partial charge in [0.25, 0.3) is 0 Å². The minimum atomic E-state index is 0.0993. The van der Waals surface area contributed by atoms with E-state index in [1.807, 2.05) is 13.0 Å². The number of benzene rings is 1. The Morgan fingerprint density at radius 3 is 2.75 bits per heavy atom. The quantitative estimate of drug-likeness (QED) is 0.841. The number of hydrogen-bond acceptors (Lipinski definition) is 3. The minimum absolute atomic E-state index is 0.0993. The van der Waals surface area contributed by atoms with Crippen LogP contribution in [0.15, 0.2) is 28.7 Å². The van der Waals surface area contributed by atoms with Crippen molar-refractivity contribution in [2.75, 3.05) is 5.73 Å². The number of furan rings is 1. The zero-order valence-electron chi connectivity index (χ0n) is 8.83. The summed E-state index contributed by atoms with van der Waals surface area (Å²) in [6, 6.07) is 7.13. The van der Waals surface area contributed by atoms with Gasteiger partial charge in [-0.1, -0.05) is 30.7 Å². The van der Waals surface area contributed by atoms with Crippen molar-refractivity contribution in [3.8, 4) is 16.9 Å². The maximum atomic E-state index is 9.94. The molecule has 0 radical (unpaired) electrons. The van der Waals surface area contributed by atoms with Gasteiger partial charge in [0.1, 0.15) is 5.76 Å². The molecule has 0 aliphatic carbocycles. The summed E-state index contributed by atoms with van der Waals surface area (Å²) in [6.45, 7) is 1.89. The Kier molecular flexibility index (Phi) is 2.79. The first-order valence-corrected chi connectivity index (χ1v) is 5.37. The topological polar surface area (TPSA) is 59.4 Å².